The molecule has 11 aromatic rings. The van der Waals surface area contributed by atoms with Crippen LogP contribution in [0, 0.1) is 0 Å². The molecule has 0 aliphatic heterocycles. The molecule has 0 amide bonds. The topological polar surface area (TPSA) is 38.7 Å². The van der Waals surface area contributed by atoms with E-state index in [9.17, 15) is 0 Å². The molecular formula is C49H29N3S. The van der Waals surface area contributed by atoms with E-state index in [0.717, 1.165) is 72.2 Å². The van der Waals surface area contributed by atoms with E-state index >= 15 is 0 Å². The van der Waals surface area contributed by atoms with Crippen LogP contribution in [-0.4, -0.2) is 15.0 Å². The lowest BCUT2D eigenvalue weighted by atomic mass is 9.95. The number of thiophene rings is 1. The quantitative estimate of drug-likeness (QED) is 0.172. The molecule has 0 fully saturated rings. The number of aromatic nitrogens is 3. The fourth-order valence-corrected chi connectivity index (χ4v) is 9.08. The molecule has 0 bridgehead atoms. The van der Waals surface area contributed by atoms with Gasteiger partial charge in [-0.05, 0) is 41.5 Å². The number of rotatable bonds is 4. The minimum absolute atomic E-state index is 0.914. The van der Waals surface area contributed by atoms with Gasteiger partial charge in [-0.25, -0.2) is 15.0 Å². The number of hydrogen-bond donors (Lipinski definition) is 0. The second-order valence-electron chi connectivity index (χ2n) is 13.6. The van der Waals surface area contributed by atoms with Crippen molar-refractivity contribution in [3.8, 4) is 44.9 Å². The van der Waals surface area contributed by atoms with Gasteiger partial charge in [-0.3, -0.25) is 0 Å². The average molecular weight is 692 g/mol. The van der Waals surface area contributed by atoms with E-state index < -0.39 is 0 Å². The summed E-state index contributed by atoms with van der Waals surface area (Å²) in [5, 5.41) is 8.42. The summed E-state index contributed by atoms with van der Waals surface area (Å²) in [6.07, 6.45) is 0. The van der Waals surface area contributed by atoms with Gasteiger partial charge in [0.25, 0.3) is 0 Å². The van der Waals surface area contributed by atoms with Gasteiger partial charge in [-0.15, -0.1) is 11.3 Å². The minimum Gasteiger partial charge on any atom is -0.247 e. The highest BCUT2D eigenvalue weighted by Crippen LogP contribution is 2.43. The summed E-state index contributed by atoms with van der Waals surface area (Å²) in [5.74, 6) is 0. The molecule has 0 N–H and O–H groups in total. The molecule has 0 spiro atoms. The summed E-state index contributed by atoms with van der Waals surface area (Å²) in [6, 6.07) is 62.4. The Balaban J connectivity index is 0.991. The summed E-state index contributed by atoms with van der Waals surface area (Å²) in [7, 11) is 0. The number of para-hydroxylation sites is 1. The lowest BCUT2D eigenvalue weighted by Gasteiger charge is -2.12. The molecule has 4 aromatic heterocycles. The number of benzene rings is 7. The zero-order valence-corrected chi connectivity index (χ0v) is 29.3. The van der Waals surface area contributed by atoms with Crippen LogP contribution in [0.4, 0.5) is 0 Å². The summed E-state index contributed by atoms with van der Waals surface area (Å²) >= 11 is 1.87. The van der Waals surface area contributed by atoms with Crippen molar-refractivity contribution in [2.45, 2.75) is 0 Å². The maximum absolute atomic E-state index is 5.28. The van der Waals surface area contributed by atoms with Crippen LogP contribution in [0.15, 0.2) is 176 Å². The number of fused-ring (bicyclic) bond motifs is 10. The second-order valence-corrected chi connectivity index (χ2v) is 14.6. The molecule has 4 heteroatoms. The van der Waals surface area contributed by atoms with Gasteiger partial charge in [-0.2, -0.15) is 0 Å². The third-order valence-corrected chi connectivity index (χ3v) is 11.7. The van der Waals surface area contributed by atoms with Crippen LogP contribution in [0.1, 0.15) is 0 Å². The van der Waals surface area contributed by atoms with E-state index in [-0.39, 0.29) is 0 Å². The Labute approximate surface area is 309 Å². The summed E-state index contributed by atoms with van der Waals surface area (Å²) in [5.41, 5.74) is 11.3. The molecule has 11 rings (SSSR count). The van der Waals surface area contributed by atoms with Gasteiger partial charge in [0.15, 0.2) is 0 Å². The van der Waals surface area contributed by atoms with E-state index in [1.54, 1.807) is 0 Å². The molecule has 0 saturated carbocycles. The Morgan fingerprint density at radius 2 is 0.943 bits per heavy atom. The van der Waals surface area contributed by atoms with Crippen LogP contribution in [-0.2, 0) is 0 Å². The maximum atomic E-state index is 5.28. The second kappa shape index (κ2) is 11.9. The first-order valence-corrected chi connectivity index (χ1v) is 18.7. The Kier molecular flexibility index (Phi) is 6.73. The predicted octanol–water partition coefficient (Wildman–Crippen LogP) is 13.5. The summed E-state index contributed by atoms with van der Waals surface area (Å²) < 4.78 is 2.63. The van der Waals surface area contributed by atoms with Gasteiger partial charge in [0, 0.05) is 63.8 Å². The molecule has 3 nitrogen and oxygen atoms in total. The molecule has 0 aliphatic rings. The van der Waals surface area contributed by atoms with E-state index in [0.29, 0.717) is 0 Å². The monoisotopic (exact) mass is 691 g/mol. The smallest absolute Gasteiger partial charge is 0.0972 e. The van der Waals surface area contributed by atoms with Gasteiger partial charge in [-0.1, -0.05) is 146 Å². The Bertz CT molecular complexity index is 3220. The molecule has 0 aliphatic carbocycles. The SMILES string of the molecule is c1ccc(-c2ccc3ccc4ccc(-c5ccc(-c6cccc(-c7nc8ccccc8c8c7ccc7c9ccccc9sc78)c6)cc5)nc4c3n2)cc1. The van der Waals surface area contributed by atoms with Crippen molar-refractivity contribution in [3.63, 3.8) is 0 Å². The van der Waals surface area contributed by atoms with Crippen LogP contribution < -0.4 is 0 Å². The fourth-order valence-electron chi connectivity index (χ4n) is 7.81. The largest absolute Gasteiger partial charge is 0.247 e. The minimum atomic E-state index is 0.914. The van der Waals surface area contributed by atoms with Crippen molar-refractivity contribution in [2.75, 3.05) is 0 Å². The van der Waals surface area contributed by atoms with Crippen LogP contribution in [0.3, 0.4) is 0 Å². The van der Waals surface area contributed by atoms with E-state index in [1.807, 2.05) is 29.5 Å². The molecule has 0 atom stereocenters. The summed E-state index contributed by atoms with van der Waals surface area (Å²) in [6.45, 7) is 0. The van der Waals surface area contributed by atoms with Crippen LogP contribution in [0.5, 0.6) is 0 Å². The van der Waals surface area contributed by atoms with Crippen LogP contribution in [0.25, 0.3) is 109 Å². The Hall–Kier alpha value is -6.75. The van der Waals surface area contributed by atoms with Crippen LogP contribution in [0.2, 0.25) is 0 Å². The van der Waals surface area contributed by atoms with Gasteiger partial charge in [0.05, 0.1) is 33.6 Å². The lowest BCUT2D eigenvalue weighted by Crippen LogP contribution is -1.91. The van der Waals surface area contributed by atoms with Crippen LogP contribution >= 0.6 is 11.3 Å². The molecule has 0 radical (unpaired) electrons. The predicted molar refractivity (Wildman–Crippen MR) is 224 cm³/mol. The number of nitrogens with zero attached hydrogens (tertiary/aromatic N) is 3. The first-order valence-electron chi connectivity index (χ1n) is 17.9. The Morgan fingerprint density at radius 1 is 0.358 bits per heavy atom. The molecule has 53 heavy (non-hydrogen) atoms. The molecular weight excluding hydrogens is 663 g/mol. The number of hydrogen-bond acceptors (Lipinski definition) is 4. The van der Waals surface area contributed by atoms with Crippen molar-refractivity contribution >= 4 is 75.0 Å². The van der Waals surface area contributed by atoms with Crippen molar-refractivity contribution < 1.29 is 0 Å². The van der Waals surface area contributed by atoms with Gasteiger partial charge >= 0.3 is 0 Å². The third kappa shape index (κ3) is 4.91. The van der Waals surface area contributed by atoms with Gasteiger partial charge in [0.2, 0.25) is 0 Å². The zero-order chi connectivity index (χ0) is 34.9. The van der Waals surface area contributed by atoms with E-state index in [1.165, 1.54) is 36.3 Å². The maximum Gasteiger partial charge on any atom is 0.0972 e. The third-order valence-electron chi connectivity index (χ3n) is 10.4. The normalized spacial score (nSPS) is 11.8. The van der Waals surface area contributed by atoms with Gasteiger partial charge in [0.1, 0.15) is 0 Å². The fraction of sp³-hybridized carbons (Fsp3) is 0. The molecule has 0 saturated heterocycles. The highest BCUT2D eigenvalue weighted by Gasteiger charge is 2.17. The highest BCUT2D eigenvalue weighted by atomic mass is 32.1. The average Bonchev–Trinajstić information content (AvgIpc) is 3.62. The molecule has 4 heterocycles. The lowest BCUT2D eigenvalue weighted by molar-refractivity contribution is 1.36. The Morgan fingerprint density at radius 3 is 1.72 bits per heavy atom. The standard InChI is InChI=1S/C49H29N3S/c1-2-9-31(10-3-1)41-27-23-33-21-22-34-24-28-42(51-48(34)47(33)50-41)32-19-17-30(18-20-32)35-11-8-12-36(29-35)46-40-26-25-38-37-13-5-7-16-44(37)53-49(38)45(40)39-14-4-6-15-43(39)52-46/h1-29H. The van der Waals surface area contributed by atoms with E-state index in [2.05, 4.69) is 158 Å². The van der Waals surface area contributed by atoms with Crippen molar-refractivity contribution in [1.82, 2.24) is 15.0 Å². The van der Waals surface area contributed by atoms with Crippen molar-refractivity contribution in [1.29, 1.82) is 0 Å². The molecule has 0 unspecified atom stereocenters. The van der Waals surface area contributed by atoms with E-state index in [4.69, 9.17) is 15.0 Å². The molecule has 7 aromatic carbocycles. The van der Waals surface area contributed by atoms with Gasteiger partial charge < -0.3 is 0 Å². The van der Waals surface area contributed by atoms with Crippen molar-refractivity contribution in [2.24, 2.45) is 0 Å². The summed E-state index contributed by atoms with van der Waals surface area (Å²) in [4.78, 5) is 15.6. The first-order chi connectivity index (χ1) is 26.2. The number of pyridine rings is 3. The highest BCUT2D eigenvalue weighted by molar-refractivity contribution is 7.26. The molecule has 246 valence electrons. The van der Waals surface area contributed by atoms with Crippen molar-refractivity contribution in [3.05, 3.63) is 176 Å². The zero-order valence-electron chi connectivity index (χ0n) is 28.5. The first kappa shape index (κ1) is 29.9.